The van der Waals surface area contributed by atoms with Crippen LogP contribution in [0.1, 0.15) is 63.1 Å². The number of hydrogen-bond donors (Lipinski definition) is 1. The van der Waals surface area contributed by atoms with E-state index in [9.17, 15) is 14.4 Å². The minimum Gasteiger partial charge on any atom is -0.494 e. The molecule has 6 heteroatoms. The second-order valence-electron chi connectivity index (χ2n) is 8.56. The number of nitrogens with one attached hydrogen (secondary N) is 1. The Labute approximate surface area is 210 Å². The van der Waals surface area contributed by atoms with Crippen molar-refractivity contribution in [1.82, 2.24) is 0 Å². The Morgan fingerprint density at radius 3 is 2.17 bits per heavy atom. The molecule has 1 aliphatic rings. The molecule has 3 aromatic carbocycles. The van der Waals surface area contributed by atoms with Gasteiger partial charge in [-0.15, -0.1) is 0 Å². The quantitative estimate of drug-likeness (QED) is 0.157. The summed E-state index contributed by atoms with van der Waals surface area (Å²) in [6, 6.07) is 20.1. The van der Waals surface area contributed by atoms with Crippen LogP contribution in [0.5, 0.6) is 5.75 Å². The van der Waals surface area contributed by atoms with Gasteiger partial charge in [-0.25, -0.2) is 4.79 Å². The van der Waals surface area contributed by atoms with Gasteiger partial charge in [0.05, 0.1) is 18.8 Å². The first-order valence-electron chi connectivity index (χ1n) is 12.1. The molecule has 0 saturated carbocycles. The highest BCUT2D eigenvalue weighted by Crippen LogP contribution is 2.32. The van der Waals surface area contributed by atoms with Crippen LogP contribution in [0, 0.1) is 0 Å². The van der Waals surface area contributed by atoms with Gasteiger partial charge in [0, 0.05) is 35.0 Å². The molecule has 0 heterocycles. The first-order chi connectivity index (χ1) is 17.6. The third-order valence-corrected chi connectivity index (χ3v) is 6.08. The van der Waals surface area contributed by atoms with E-state index >= 15 is 0 Å². The molecule has 1 N–H and O–H groups in total. The molecule has 0 fully saturated rings. The van der Waals surface area contributed by atoms with Gasteiger partial charge in [0.2, 0.25) is 0 Å². The van der Waals surface area contributed by atoms with Crippen LogP contribution in [0.25, 0.3) is 0 Å². The molecule has 0 radical (unpaired) electrons. The van der Waals surface area contributed by atoms with E-state index in [1.54, 1.807) is 36.4 Å². The Kier molecular flexibility index (Phi) is 8.29. The van der Waals surface area contributed by atoms with Crippen LogP contribution in [0.2, 0.25) is 0 Å². The maximum absolute atomic E-state index is 13.1. The number of anilines is 1. The number of esters is 1. The molecule has 0 saturated heterocycles. The largest absolute Gasteiger partial charge is 0.494 e. The fourth-order valence-corrected chi connectivity index (χ4v) is 4.17. The summed E-state index contributed by atoms with van der Waals surface area (Å²) >= 11 is 0. The summed E-state index contributed by atoms with van der Waals surface area (Å²) < 4.78 is 10.8. The predicted molar refractivity (Wildman–Crippen MR) is 139 cm³/mol. The Balaban J connectivity index is 1.26. The van der Waals surface area contributed by atoms with Crippen molar-refractivity contribution in [2.75, 3.05) is 18.5 Å². The van der Waals surface area contributed by atoms with E-state index in [-0.39, 0.29) is 17.5 Å². The van der Waals surface area contributed by atoms with Gasteiger partial charge in [-0.2, -0.15) is 0 Å². The standard InChI is InChI=1S/C30H29NO5/c1-2-27(32)36-19-8-4-3-7-18-35-22-16-14-21(15-17-22)20-31-26-13-9-12-25-28(26)30(34)24-11-6-5-10-23(24)29(25)33/h2,5-6,9-17,31H,1,3-4,7-8,18-20H2. The van der Waals surface area contributed by atoms with E-state index in [2.05, 4.69) is 11.9 Å². The van der Waals surface area contributed by atoms with Crippen molar-refractivity contribution >= 4 is 23.2 Å². The second-order valence-corrected chi connectivity index (χ2v) is 8.56. The number of hydrogen-bond acceptors (Lipinski definition) is 6. The van der Waals surface area contributed by atoms with Crippen molar-refractivity contribution in [3.63, 3.8) is 0 Å². The molecule has 0 spiro atoms. The lowest BCUT2D eigenvalue weighted by Gasteiger charge is -2.20. The first-order valence-corrected chi connectivity index (χ1v) is 12.1. The molecule has 0 unspecified atom stereocenters. The zero-order chi connectivity index (χ0) is 25.3. The molecule has 36 heavy (non-hydrogen) atoms. The van der Waals surface area contributed by atoms with Gasteiger partial charge >= 0.3 is 5.97 Å². The monoisotopic (exact) mass is 483 g/mol. The van der Waals surface area contributed by atoms with Gasteiger partial charge < -0.3 is 14.8 Å². The lowest BCUT2D eigenvalue weighted by atomic mass is 9.83. The van der Waals surface area contributed by atoms with Crippen molar-refractivity contribution < 1.29 is 23.9 Å². The molecule has 184 valence electrons. The molecule has 3 aromatic rings. The van der Waals surface area contributed by atoms with Gasteiger partial charge in [-0.1, -0.05) is 55.1 Å². The summed E-state index contributed by atoms with van der Waals surface area (Å²) in [5.41, 5.74) is 3.45. The third kappa shape index (κ3) is 5.89. The van der Waals surface area contributed by atoms with Crippen molar-refractivity contribution in [2.24, 2.45) is 0 Å². The molecule has 6 nitrogen and oxygen atoms in total. The van der Waals surface area contributed by atoms with Crippen LogP contribution < -0.4 is 10.1 Å². The van der Waals surface area contributed by atoms with Gasteiger partial charge in [0.25, 0.3) is 0 Å². The van der Waals surface area contributed by atoms with E-state index in [1.165, 1.54) is 6.08 Å². The molecule has 1 aliphatic carbocycles. The third-order valence-electron chi connectivity index (χ3n) is 6.08. The second kappa shape index (κ2) is 12.0. The Morgan fingerprint density at radius 2 is 1.44 bits per heavy atom. The van der Waals surface area contributed by atoms with Crippen molar-refractivity contribution in [3.8, 4) is 5.75 Å². The van der Waals surface area contributed by atoms with Crippen molar-refractivity contribution in [1.29, 1.82) is 0 Å². The molecular weight excluding hydrogens is 454 g/mol. The van der Waals surface area contributed by atoms with Gasteiger partial charge in [-0.05, 0) is 49.4 Å². The van der Waals surface area contributed by atoms with Gasteiger partial charge in [-0.3, -0.25) is 9.59 Å². The van der Waals surface area contributed by atoms with Crippen LogP contribution in [0.4, 0.5) is 5.69 Å². The zero-order valence-corrected chi connectivity index (χ0v) is 20.1. The Morgan fingerprint density at radius 1 is 0.778 bits per heavy atom. The highest BCUT2D eigenvalue weighted by atomic mass is 16.5. The number of rotatable bonds is 12. The number of benzene rings is 3. The van der Waals surface area contributed by atoms with E-state index in [4.69, 9.17) is 9.47 Å². The van der Waals surface area contributed by atoms with Gasteiger partial charge in [0.1, 0.15) is 5.75 Å². The highest BCUT2D eigenvalue weighted by molar-refractivity contribution is 6.30. The zero-order valence-electron chi connectivity index (χ0n) is 20.1. The lowest BCUT2D eigenvalue weighted by molar-refractivity contribution is -0.137. The summed E-state index contributed by atoms with van der Waals surface area (Å²) in [5.74, 6) is 0.161. The highest BCUT2D eigenvalue weighted by Gasteiger charge is 2.31. The van der Waals surface area contributed by atoms with Crippen LogP contribution in [0.3, 0.4) is 0 Å². The SMILES string of the molecule is C=CC(=O)OCCCCCCOc1ccc(CNc2cccc3c2C(=O)c2ccccc2C3=O)cc1. The number of ether oxygens (including phenoxy) is 2. The Bertz CT molecular complexity index is 1260. The molecule has 0 amide bonds. The van der Waals surface area contributed by atoms with E-state index in [0.29, 0.717) is 47.7 Å². The van der Waals surface area contributed by atoms with Crippen molar-refractivity contribution in [2.45, 2.75) is 32.2 Å². The first kappa shape index (κ1) is 24.9. The van der Waals surface area contributed by atoms with Crippen LogP contribution in [-0.4, -0.2) is 30.7 Å². The van der Waals surface area contributed by atoms with Crippen molar-refractivity contribution in [3.05, 3.63) is 107 Å². The average Bonchev–Trinajstić information content (AvgIpc) is 2.92. The molecule has 0 bridgehead atoms. The fraction of sp³-hybridized carbons (Fsp3) is 0.233. The molecule has 0 aliphatic heterocycles. The predicted octanol–water partition coefficient (Wildman–Crippen LogP) is 5.74. The summed E-state index contributed by atoms with van der Waals surface area (Å²) in [4.78, 5) is 37.0. The number of carbonyl (C=O) groups is 3. The average molecular weight is 484 g/mol. The normalized spacial score (nSPS) is 11.9. The topological polar surface area (TPSA) is 81.7 Å². The number of unbranched alkanes of at least 4 members (excludes halogenated alkanes) is 3. The van der Waals surface area contributed by atoms with Crippen LogP contribution in [0.15, 0.2) is 79.4 Å². The van der Waals surface area contributed by atoms with Gasteiger partial charge in [0.15, 0.2) is 11.6 Å². The molecule has 0 atom stereocenters. The van der Waals surface area contributed by atoms with E-state index in [1.807, 2.05) is 30.3 Å². The summed E-state index contributed by atoms with van der Waals surface area (Å²) in [6.07, 6.45) is 4.90. The molecular formula is C30H29NO5. The smallest absolute Gasteiger partial charge is 0.330 e. The maximum Gasteiger partial charge on any atom is 0.330 e. The molecule has 0 aromatic heterocycles. The lowest BCUT2D eigenvalue weighted by Crippen LogP contribution is -2.22. The maximum atomic E-state index is 13.1. The number of fused-ring (bicyclic) bond motifs is 2. The fourth-order valence-electron chi connectivity index (χ4n) is 4.17. The molecule has 4 rings (SSSR count). The van der Waals surface area contributed by atoms with Crippen LogP contribution >= 0.6 is 0 Å². The number of ketones is 2. The number of carbonyl (C=O) groups excluding carboxylic acids is 3. The minimum atomic E-state index is -0.380. The Hall–Kier alpha value is -4.19. The summed E-state index contributed by atoms with van der Waals surface area (Å²) in [5, 5.41) is 3.33. The minimum absolute atomic E-state index is 0.124. The summed E-state index contributed by atoms with van der Waals surface area (Å²) in [6.45, 7) is 4.92. The summed E-state index contributed by atoms with van der Waals surface area (Å²) in [7, 11) is 0. The van der Waals surface area contributed by atoms with E-state index < -0.39 is 0 Å². The van der Waals surface area contributed by atoms with Crippen LogP contribution in [-0.2, 0) is 16.1 Å². The van der Waals surface area contributed by atoms with E-state index in [0.717, 1.165) is 37.0 Å².